The lowest BCUT2D eigenvalue weighted by Gasteiger charge is -2.24. The number of anilines is 1. The highest BCUT2D eigenvalue weighted by Gasteiger charge is 2.29. The first-order valence-corrected chi connectivity index (χ1v) is 8.00. The number of carbonyl (C=O) groups is 2. The van der Waals surface area contributed by atoms with Gasteiger partial charge in [0.05, 0.1) is 12.2 Å². The summed E-state index contributed by atoms with van der Waals surface area (Å²) in [6, 6.07) is 11.1. The van der Waals surface area contributed by atoms with Gasteiger partial charge in [-0.3, -0.25) is 9.59 Å². The number of hydrogen-bond acceptors (Lipinski definition) is 4. The zero-order chi connectivity index (χ0) is 16.8. The molecule has 2 amide bonds. The third-order valence-electron chi connectivity index (χ3n) is 3.91. The van der Waals surface area contributed by atoms with Crippen LogP contribution in [0, 0.1) is 0 Å². The molecule has 0 radical (unpaired) electrons. The molecule has 0 spiro atoms. The van der Waals surface area contributed by atoms with E-state index < -0.39 is 5.92 Å². The molecule has 1 aliphatic rings. The van der Waals surface area contributed by atoms with Crippen molar-refractivity contribution in [1.82, 2.24) is 5.32 Å². The van der Waals surface area contributed by atoms with E-state index in [0.717, 1.165) is 17.0 Å². The predicted octanol–water partition coefficient (Wildman–Crippen LogP) is 2.43. The van der Waals surface area contributed by atoms with Crippen LogP contribution in [0.3, 0.4) is 0 Å². The Morgan fingerprint density at radius 1 is 1.29 bits per heavy atom. The summed E-state index contributed by atoms with van der Waals surface area (Å²) in [4.78, 5) is 24.1. The summed E-state index contributed by atoms with van der Waals surface area (Å²) in [5.41, 5.74) is 1.58. The zero-order valence-corrected chi connectivity index (χ0v) is 13.3. The van der Waals surface area contributed by atoms with Gasteiger partial charge in [0.1, 0.15) is 12.4 Å². The molecule has 2 heterocycles. The van der Waals surface area contributed by atoms with E-state index >= 15 is 0 Å². The summed E-state index contributed by atoms with van der Waals surface area (Å²) >= 11 is 0. The number of nitrogens with one attached hydrogen (secondary N) is 2. The van der Waals surface area contributed by atoms with Crippen molar-refractivity contribution in [2.45, 2.75) is 25.4 Å². The Labute approximate surface area is 140 Å². The van der Waals surface area contributed by atoms with Gasteiger partial charge in [-0.2, -0.15) is 0 Å². The van der Waals surface area contributed by atoms with E-state index in [-0.39, 0.29) is 18.2 Å². The van der Waals surface area contributed by atoms with Crippen LogP contribution in [0.15, 0.2) is 47.1 Å². The number of benzene rings is 1. The highest BCUT2D eigenvalue weighted by atomic mass is 16.5. The van der Waals surface area contributed by atoms with Crippen molar-refractivity contribution >= 4 is 17.5 Å². The Bertz CT molecular complexity index is 697. The van der Waals surface area contributed by atoms with Gasteiger partial charge in [-0.15, -0.1) is 0 Å². The molecular formula is C18H20N2O4. The lowest BCUT2D eigenvalue weighted by Crippen LogP contribution is -2.35. The van der Waals surface area contributed by atoms with Crippen LogP contribution < -0.4 is 10.6 Å². The average molecular weight is 328 g/mol. The van der Waals surface area contributed by atoms with Crippen LogP contribution in [0.4, 0.5) is 5.69 Å². The second-order valence-corrected chi connectivity index (χ2v) is 5.67. The molecule has 1 atom stereocenters. The molecule has 0 bridgehead atoms. The van der Waals surface area contributed by atoms with Crippen molar-refractivity contribution < 1.29 is 18.7 Å². The van der Waals surface area contributed by atoms with Crippen molar-refractivity contribution in [2.24, 2.45) is 0 Å². The number of rotatable bonds is 7. The fourth-order valence-electron chi connectivity index (χ4n) is 2.72. The first kappa shape index (κ1) is 16.3. The number of furan rings is 1. The van der Waals surface area contributed by atoms with E-state index in [2.05, 4.69) is 10.6 Å². The molecular weight excluding hydrogens is 308 g/mol. The molecule has 0 fully saturated rings. The van der Waals surface area contributed by atoms with Gasteiger partial charge in [0.25, 0.3) is 0 Å². The summed E-state index contributed by atoms with van der Waals surface area (Å²) in [6.45, 7) is 1.47. The second kappa shape index (κ2) is 7.79. The zero-order valence-electron chi connectivity index (χ0n) is 13.3. The number of hydrogen-bond donors (Lipinski definition) is 2. The Kier molecular flexibility index (Phi) is 5.28. The van der Waals surface area contributed by atoms with Crippen molar-refractivity contribution in [2.75, 3.05) is 18.5 Å². The number of fused-ring (bicyclic) bond motifs is 1. The van der Waals surface area contributed by atoms with Gasteiger partial charge in [0.2, 0.25) is 11.8 Å². The molecule has 6 nitrogen and oxygen atoms in total. The van der Waals surface area contributed by atoms with Crippen LogP contribution in [-0.2, 0) is 20.9 Å². The molecule has 0 saturated carbocycles. The van der Waals surface area contributed by atoms with Gasteiger partial charge in [0, 0.05) is 25.3 Å². The van der Waals surface area contributed by atoms with Gasteiger partial charge in [0.15, 0.2) is 0 Å². The van der Waals surface area contributed by atoms with Gasteiger partial charge in [-0.05, 0) is 30.2 Å². The van der Waals surface area contributed by atoms with Gasteiger partial charge in [-0.1, -0.05) is 18.2 Å². The minimum atomic E-state index is -0.431. The van der Waals surface area contributed by atoms with Gasteiger partial charge < -0.3 is 19.8 Å². The summed E-state index contributed by atoms with van der Waals surface area (Å²) in [7, 11) is 0. The van der Waals surface area contributed by atoms with E-state index in [4.69, 9.17) is 9.15 Å². The van der Waals surface area contributed by atoms with Crippen LogP contribution in [0.2, 0.25) is 0 Å². The lowest BCUT2D eigenvalue weighted by molar-refractivity contribution is -0.126. The second-order valence-electron chi connectivity index (χ2n) is 5.67. The molecule has 1 aliphatic heterocycles. The highest BCUT2D eigenvalue weighted by Crippen LogP contribution is 2.31. The minimum absolute atomic E-state index is 0.122. The number of para-hydroxylation sites is 1. The van der Waals surface area contributed by atoms with E-state index in [0.29, 0.717) is 26.2 Å². The monoisotopic (exact) mass is 328 g/mol. The molecule has 6 heteroatoms. The Morgan fingerprint density at radius 2 is 2.17 bits per heavy atom. The van der Waals surface area contributed by atoms with E-state index in [1.165, 1.54) is 0 Å². The molecule has 2 aromatic rings. The van der Waals surface area contributed by atoms with Crippen LogP contribution >= 0.6 is 0 Å². The van der Waals surface area contributed by atoms with Crippen LogP contribution in [-0.4, -0.2) is 25.0 Å². The molecule has 1 aromatic carbocycles. The first-order valence-electron chi connectivity index (χ1n) is 8.00. The summed E-state index contributed by atoms with van der Waals surface area (Å²) in [5, 5.41) is 5.68. The van der Waals surface area contributed by atoms with Crippen LogP contribution in [0.5, 0.6) is 0 Å². The summed E-state index contributed by atoms with van der Waals surface area (Å²) in [5.74, 6) is 0.0989. The van der Waals surface area contributed by atoms with E-state index in [1.807, 2.05) is 36.4 Å². The average Bonchev–Trinajstić information content (AvgIpc) is 3.10. The maximum Gasteiger partial charge on any atom is 0.228 e. The lowest BCUT2D eigenvalue weighted by atomic mass is 9.90. The van der Waals surface area contributed by atoms with E-state index in [1.54, 1.807) is 6.26 Å². The quantitative estimate of drug-likeness (QED) is 0.765. The maximum absolute atomic E-state index is 12.4. The Balaban J connectivity index is 1.43. The third-order valence-corrected chi connectivity index (χ3v) is 3.91. The number of amides is 2. The summed E-state index contributed by atoms with van der Waals surface area (Å²) < 4.78 is 10.6. The largest absolute Gasteiger partial charge is 0.467 e. The molecule has 1 aromatic heterocycles. The number of carbonyl (C=O) groups excluding carboxylic acids is 2. The third kappa shape index (κ3) is 4.02. The van der Waals surface area contributed by atoms with Crippen molar-refractivity contribution in [3.63, 3.8) is 0 Å². The number of ether oxygens (including phenoxy) is 1. The van der Waals surface area contributed by atoms with Crippen molar-refractivity contribution in [3.8, 4) is 0 Å². The van der Waals surface area contributed by atoms with Crippen LogP contribution in [0.25, 0.3) is 0 Å². The Morgan fingerprint density at radius 3 is 3.00 bits per heavy atom. The molecule has 2 N–H and O–H groups in total. The fourth-order valence-corrected chi connectivity index (χ4v) is 2.72. The maximum atomic E-state index is 12.4. The normalized spacial score (nSPS) is 16.3. The molecule has 0 saturated heterocycles. The highest BCUT2D eigenvalue weighted by molar-refractivity contribution is 6.01. The molecule has 24 heavy (non-hydrogen) atoms. The van der Waals surface area contributed by atoms with Crippen molar-refractivity contribution in [1.29, 1.82) is 0 Å². The van der Waals surface area contributed by atoms with Crippen molar-refractivity contribution in [3.05, 3.63) is 54.0 Å². The Hall–Kier alpha value is -2.60. The SMILES string of the molecule is O=C1CC(C(=O)NCCCOCc2ccco2)c2ccccc2N1. The molecule has 126 valence electrons. The first-order chi connectivity index (χ1) is 11.7. The standard InChI is InChI=1S/C18H20N2O4/c21-17-11-15(14-6-1-2-7-16(14)20-17)18(22)19-8-4-9-23-12-13-5-3-10-24-13/h1-3,5-7,10,15H,4,8-9,11-12H2,(H,19,22)(H,20,21). The van der Waals surface area contributed by atoms with Crippen LogP contribution in [0.1, 0.15) is 30.1 Å². The predicted molar refractivity (Wildman–Crippen MR) is 88.4 cm³/mol. The molecule has 3 rings (SSSR count). The van der Waals surface area contributed by atoms with Gasteiger partial charge in [-0.25, -0.2) is 0 Å². The summed E-state index contributed by atoms with van der Waals surface area (Å²) in [6.07, 6.45) is 2.49. The smallest absolute Gasteiger partial charge is 0.228 e. The molecule has 0 aliphatic carbocycles. The van der Waals surface area contributed by atoms with Gasteiger partial charge >= 0.3 is 0 Å². The topological polar surface area (TPSA) is 80.6 Å². The fraction of sp³-hybridized carbons (Fsp3) is 0.333. The minimum Gasteiger partial charge on any atom is -0.467 e. The van der Waals surface area contributed by atoms with E-state index in [9.17, 15) is 9.59 Å². The molecule has 1 unspecified atom stereocenters.